The van der Waals surface area contributed by atoms with Crippen LogP contribution in [0.3, 0.4) is 0 Å². The van der Waals surface area contributed by atoms with Crippen molar-refractivity contribution in [2.24, 2.45) is 5.92 Å². The molecule has 1 atom stereocenters. The maximum absolute atomic E-state index is 12.7. The van der Waals surface area contributed by atoms with E-state index in [9.17, 15) is 18.0 Å². The number of ether oxygens (including phenoxy) is 1. The Hall–Kier alpha value is -2.78. The molecule has 2 heterocycles. The first-order valence-corrected chi connectivity index (χ1v) is 11.8. The van der Waals surface area contributed by atoms with Crippen molar-refractivity contribution in [1.29, 1.82) is 0 Å². The highest BCUT2D eigenvalue weighted by atomic mass is 32.2. The van der Waals surface area contributed by atoms with Crippen molar-refractivity contribution in [3.8, 4) is 0 Å². The second kappa shape index (κ2) is 10.0. The maximum Gasteiger partial charge on any atom is 0.309 e. The van der Waals surface area contributed by atoms with Gasteiger partial charge in [-0.15, -0.1) is 0 Å². The summed E-state index contributed by atoms with van der Waals surface area (Å²) in [6, 6.07) is 10.5. The summed E-state index contributed by atoms with van der Waals surface area (Å²) in [5, 5.41) is 2.74. The lowest BCUT2D eigenvalue weighted by atomic mass is 9.98. The molecule has 1 aromatic carbocycles. The van der Waals surface area contributed by atoms with Crippen LogP contribution in [0.5, 0.6) is 0 Å². The van der Waals surface area contributed by atoms with Crippen molar-refractivity contribution in [2.45, 2.75) is 44.1 Å². The molecule has 9 heteroatoms. The van der Waals surface area contributed by atoms with E-state index in [0.29, 0.717) is 18.5 Å². The lowest BCUT2D eigenvalue weighted by Gasteiger charge is -2.30. The number of carbonyl (C=O) groups is 2. The lowest BCUT2D eigenvalue weighted by Crippen LogP contribution is -2.41. The first-order chi connectivity index (χ1) is 14.8. The molecule has 0 bridgehead atoms. The van der Waals surface area contributed by atoms with Crippen LogP contribution in [-0.4, -0.2) is 48.8 Å². The first-order valence-electron chi connectivity index (χ1n) is 10.3. The van der Waals surface area contributed by atoms with Crippen LogP contribution in [0, 0.1) is 5.92 Å². The number of aryl methyl sites for hydroxylation is 1. The predicted molar refractivity (Wildman–Crippen MR) is 116 cm³/mol. The average Bonchev–Trinajstić information content (AvgIpc) is 2.80. The van der Waals surface area contributed by atoms with Gasteiger partial charge in [-0.2, -0.15) is 4.31 Å². The number of esters is 1. The maximum atomic E-state index is 12.7. The van der Waals surface area contributed by atoms with Gasteiger partial charge in [-0.25, -0.2) is 8.42 Å². The molecule has 31 heavy (non-hydrogen) atoms. The molecule has 1 saturated heterocycles. The third-order valence-corrected chi connectivity index (χ3v) is 7.23. The Bertz CT molecular complexity index is 1000. The molecule has 1 aliphatic heterocycles. The summed E-state index contributed by atoms with van der Waals surface area (Å²) in [5.41, 5.74) is 1.80. The Balaban J connectivity index is 1.50. The summed E-state index contributed by atoms with van der Waals surface area (Å²) >= 11 is 0. The summed E-state index contributed by atoms with van der Waals surface area (Å²) in [5.74, 6) is -1.34. The van der Waals surface area contributed by atoms with Gasteiger partial charge < -0.3 is 10.1 Å². The molecule has 0 saturated carbocycles. The van der Waals surface area contributed by atoms with Gasteiger partial charge in [0.2, 0.25) is 10.0 Å². The molecule has 166 valence electrons. The lowest BCUT2D eigenvalue weighted by molar-refractivity contribution is -0.158. The van der Waals surface area contributed by atoms with E-state index in [1.54, 1.807) is 6.07 Å². The highest BCUT2D eigenvalue weighted by Crippen LogP contribution is 2.24. The fraction of sp³-hybridized carbons (Fsp3) is 0.409. The molecule has 1 fully saturated rings. The van der Waals surface area contributed by atoms with Crippen LogP contribution in [0.1, 0.15) is 32.3 Å². The molecule has 8 nitrogen and oxygen atoms in total. The van der Waals surface area contributed by atoms with Crippen molar-refractivity contribution >= 4 is 27.6 Å². The molecule has 2 aromatic rings. The SMILES string of the molecule is CCc1ccc(NC(=O)C(C)OC(=O)C2CCN(S(=O)(=O)c3cccnc3)CC2)cc1. The summed E-state index contributed by atoms with van der Waals surface area (Å²) in [6.45, 7) is 3.99. The van der Waals surface area contributed by atoms with Crippen molar-refractivity contribution in [1.82, 2.24) is 9.29 Å². The third kappa shape index (κ3) is 5.68. The van der Waals surface area contributed by atoms with Crippen molar-refractivity contribution in [3.63, 3.8) is 0 Å². The Kier molecular flexibility index (Phi) is 7.40. The highest BCUT2D eigenvalue weighted by molar-refractivity contribution is 7.89. The van der Waals surface area contributed by atoms with E-state index in [0.717, 1.165) is 12.0 Å². The summed E-state index contributed by atoms with van der Waals surface area (Å²) in [7, 11) is -3.63. The fourth-order valence-electron chi connectivity index (χ4n) is 3.37. The number of piperidine rings is 1. The number of pyridine rings is 1. The van der Waals surface area contributed by atoms with Crippen LogP contribution in [0.4, 0.5) is 5.69 Å². The van der Waals surface area contributed by atoms with Crippen LogP contribution in [0.25, 0.3) is 0 Å². The Morgan fingerprint density at radius 2 is 1.87 bits per heavy atom. The second-order valence-electron chi connectivity index (χ2n) is 7.49. The monoisotopic (exact) mass is 445 g/mol. The van der Waals surface area contributed by atoms with Crippen LogP contribution in [0.2, 0.25) is 0 Å². The number of carbonyl (C=O) groups excluding carboxylic acids is 2. The number of nitrogens with zero attached hydrogens (tertiary/aromatic N) is 2. The minimum absolute atomic E-state index is 0.133. The van der Waals surface area contributed by atoms with Gasteiger partial charge in [0, 0.05) is 31.2 Å². The smallest absolute Gasteiger partial charge is 0.309 e. The summed E-state index contributed by atoms with van der Waals surface area (Å²) in [4.78, 5) is 28.8. The van der Waals surface area contributed by atoms with E-state index >= 15 is 0 Å². The van der Waals surface area contributed by atoms with E-state index in [-0.39, 0.29) is 18.0 Å². The molecule has 0 spiro atoms. The van der Waals surface area contributed by atoms with Crippen LogP contribution in [0.15, 0.2) is 53.7 Å². The summed E-state index contributed by atoms with van der Waals surface area (Å²) in [6.07, 6.45) is 3.46. The van der Waals surface area contributed by atoms with Gasteiger partial charge >= 0.3 is 5.97 Å². The molecule has 0 aliphatic carbocycles. The number of amides is 1. The molecule has 3 rings (SSSR count). The van der Waals surface area contributed by atoms with E-state index < -0.39 is 33.9 Å². The van der Waals surface area contributed by atoms with Gasteiger partial charge in [-0.1, -0.05) is 19.1 Å². The Morgan fingerprint density at radius 1 is 1.19 bits per heavy atom. The minimum Gasteiger partial charge on any atom is -0.452 e. The van der Waals surface area contributed by atoms with Gasteiger partial charge in [0.25, 0.3) is 5.91 Å². The van der Waals surface area contributed by atoms with Gasteiger partial charge in [0.05, 0.1) is 5.92 Å². The molecule has 1 aliphatic rings. The van der Waals surface area contributed by atoms with Gasteiger partial charge in [0.1, 0.15) is 4.90 Å². The number of anilines is 1. The number of aromatic nitrogens is 1. The molecule has 1 amide bonds. The average molecular weight is 446 g/mol. The number of benzene rings is 1. The zero-order valence-corrected chi connectivity index (χ0v) is 18.5. The minimum atomic E-state index is -3.63. The number of hydrogen-bond donors (Lipinski definition) is 1. The molecular formula is C22H27N3O5S. The normalized spacial score (nSPS) is 16.5. The van der Waals surface area contributed by atoms with E-state index in [1.807, 2.05) is 31.2 Å². The van der Waals surface area contributed by atoms with Gasteiger partial charge in [-0.3, -0.25) is 14.6 Å². The Labute approximate surface area is 182 Å². The second-order valence-corrected chi connectivity index (χ2v) is 9.42. The molecular weight excluding hydrogens is 418 g/mol. The quantitative estimate of drug-likeness (QED) is 0.657. The Morgan fingerprint density at radius 3 is 2.45 bits per heavy atom. The largest absolute Gasteiger partial charge is 0.452 e. The third-order valence-electron chi connectivity index (χ3n) is 5.35. The molecule has 1 unspecified atom stereocenters. The van der Waals surface area contributed by atoms with Crippen molar-refractivity contribution < 1.29 is 22.7 Å². The number of sulfonamides is 1. The van der Waals surface area contributed by atoms with Gasteiger partial charge in [-0.05, 0) is 56.0 Å². The molecule has 1 N–H and O–H groups in total. The zero-order chi connectivity index (χ0) is 22.4. The number of rotatable bonds is 7. The first kappa shape index (κ1) is 22.9. The topological polar surface area (TPSA) is 106 Å². The standard InChI is InChI=1S/C22H27N3O5S/c1-3-17-6-8-19(9-7-17)24-21(26)16(2)30-22(27)18-10-13-25(14-11-18)31(28,29)20-5-4-12-23-15-20/h4-9,12,15-16,18H,3,10-11,13-14H2,1-2H3,(H,24,26). The van der Waals surface area contributed by atoms with E-state index in [1.165, 1.54) is 29.7 Å². The van der Waals surface area contributed by atoms with Gasteiger partial charge in [0.15, 0.2) is 6.10 Å². The zero-order valence-electron chi connectivity index (χ0n) is 17.7. The van der Waals surface area contributed by atoms with E-state index in [2.05, 4.69) is 10.3 Å². The highest BCUT2D eigenvalue weighted by Gasteiger charge is 2.34. The molecule has 0 radical (unpaired) electrons. The number of nitrogens with one attached hydrogen (secondary N) is 1. The summed E-state index contributed by atoms with van der Waals surface area (Å²) < 4.78 is 32.0. The van der Waals surface area contributed by atoms with Crippen LogP contribution in [-0.2, 0) is 30.8 Å². The predicted octanol–water partition coefficient (Wildman–Crippen LogP) is 2.62. The molecule has 1 aromatic heterocycles. The van der Waals surface area contributed by atoms with Crippen molar-refractivity contribution in [3.05, 3.63) is 54.4 Å². The number of hydrogen-bond acceptors (Lipinski definition) is 6. The van der Waals surface area contributed by atoms with Crippen LogP contribution < -0.4 is 5.32 Å². The van der Waals surface area contributed by atoms with Crippen LogP contribution >= 0.6 is 0 Å². The van der Waals surface area contributed by atoms with Crippen molar-refractivity contribution in [2.75, 3.05) is 18.4 Å². The van der Waals surface area contributed by atoms with E-state index in [4.69, 9.17) is 4.74 Å². The fourth-order valence-corrected chi connectivity index (χ4v) is 4.81.